The summed E-state index contributed by atoms with van der Waals surface area (Å²) in [7, 11) is 0. The van der Waals surface area contributed by atoms with Crippen molar-refractivity contribution in [2.75, 3.05) is 0 Å². The van der Waals surface area contributed by atoms with Crippen LogP contribution in [-0.2, 0) is 4.79 Å². The van der Waals surface area contributed by atoms with E-state index in [0.29, 0.717) is 6.42 Å². The van der Waals surface area contributed by atoms with Crippen LogP contribution in [0.3, 0.4) is 0 Å². The van der Waals surface area contributed by atoms with E-state index in [-0.39, 0.29) is 17.9 Å². The summed E-state index contributed by atoms with van der Waals surface area (Å²) in [5.74, 6) is -0.702. The molecule has 3 heteroatoms. The maximum Gasteiger partial charge on any atom is 0.306 e. The Morgan fingerprint density at radius 1 is 1.40 bits per heavy atom. The first-order valence-corrected chi connectivity index (χ1v) is 6.06. The van der Waals surface area contributed by atoms with Crippen LogP contribution >= 0.6 is 0 Å². The Bertz CT molecular complexity index is 203. The van der Waals surface area contributed by atoms with Crippen molar-refractivity contribution < 1.29 is 15.0 Å². The molecule has 0 aromatic rings. The van der Waals surface area contributed by atoms with Crippen molar-refractivity contribution in [3.63, 3.8) is 0 Å². The lowest BCUT2D eigenvalue weighted by molar-refractivity contribution is -0.145. The molecule has 88 valence electrons. The molecule has 1 aliphatic rings. The highest BCUT2D eigenvalue weighted by Gasteiger charge is 2.31. The molecule has 0 saturated heterocycles. The minimum absolute atomic E-state index is 0.192. The molecule has 15 heavy (non-hydrogen) atoms. The third-order valence-electron chi connectivity index (χ3n) is 3.42. The Balaban J connectivity index is 2.45. The summed E-state index contributed by atoms with van der Waals surface area (Å²) in [5, 5.41) is 18.8. The highest BCUT2D eigenvalue weighted by molar-refractivity contribution is 5.70. The molecule has 0 bridgehead atoms. The third-order valence-corrected chi connectivity index (χ3v) is 3.42. The summed E-state index contributed by atoms with van der Waals surface area (Å²) in [6.45, 7) is 2.04. The monoisotopic (exact) mass is 214 g/mol. The van der Waals surface area contributed by atoms with Crippen LogP contribution in [0.4, 0.5) is 0 Å². The molecule has 3 atom stereocenters. The van der Waals surface area contributed by atoms with Crippen LogP contribution in [0.25, 0.3) is 0 Å². The van der Waals surface area contributed by atoms with Crippen LogP contribution < -0.4 is 0 Å². The predicted molar refractivity (Wildman–Crippen MR) is 58.6 cm³/mol. The number of carbonyl (C=O) groups is 1. The van der Waals surface area contributed by atoms with Gasteiger partial charge < -0.3 is 10.2 Å². The van der Waals surface area contributed by atoms with Crippen LogP contribution in [0.2, 0.25) is 0 Å². The second kappa shape index (κ2) is 6.11. The summed E-state index contributed by atoms with van der Waals surface area (Å²) in [6.07, 6.45) is 6.03. The molecule has 0 radical (unpaired) electrons. The van der Waals surface area contributed by atoms with Crippen molar-refractivity contribution >= 4 is 5.97 Å². The van der Waals surface area contributed by atoms with Gasteiger partial charge in [0.25, 0.3) is 0 Å². The minimum Gasteiger partial charge on any atom is -0.481 e. The van der Waals surface area contributed by atoms with E-state index in [1.807, 2.05) is 6.92 Å². The van der Waals surface area contributed by atoms with E-state index in [4.69, 9.17) is 5.11 Å². The number of carboxylic acids is 1. The molecule has 2 N–H and O–H groups in total. The first-order valence-electron chi connectivity index (χ1n) is 6.06. The first-order chi connectivity index (χ1) is 7.15. The molecule has 0 heterocycles. The predicted octanol–water partition coefficient (Wildman–Crippen LogP) is 2.43. The smallest absolute Gasteiger partial charge is 0.306 e. The largest absolute Gasteiger partial charge is 0.481 e. The van der Waals surface area contributed by atoms with Crippen molar-refractivity contribution in [1.29, 1.82) is 0 Å². The average molecular weight is 214 g/mol. The van der Waals surface area contributed by atoms with Crippen molar-refractivity contribution in [3.05, 3.63) is 0 Å². The SMILES string of the molecule is CCCC(O)CC1CCCCC1C(=O)O. The van der Waals surface area contributed by atoms with Crippen LogP contribution in [0.15, 0.2) is 0 Å². The van der Waals surface area contributed by atoms with Gasteiger partial charge in [0.15, 0.2) is 0 Å². The molecule has 0 spiro atoms. The standard InChI is InChI=1S/C12H22O3/c1-2-5-10(13)8-9-6-3-4-7-11(9)12(14)15/h9-11,13H,2-8H2,1H3,(H,14,15). The number of aliphatic hydroxyl groups excluding tert-OH is 1. The van der Waals surface area contributed by atoms with Crippen molar-refractivity contribution in [2.45, 2.75) is 58.0 Å². The quantitative estimate of drug-likeness (QED) is 0.739. The van der Waals surface area contributed by atoms with Gasteiger partial charge in [-0.15, -0.1) is 0 Å². The average Bonchev–Trinajstić information content (AvgIpc) is 2.18. The molecule has 1 rings (SSSR count). The van der Waals surface area contributed by atoms with Gasteiger partial charge in [0.1, 0.15) is 0 Å². The molecule has 3 nitrogen and oxygen atoms in total. The second-order valence-corrected chi connectivity index (χ2v) is 4.67. The lowest BCUT2D eigenvalue weighted by atomic mass is 9.76. The van der Waals surface area contributed by atoms with Crippen LogP contribution in [0, 0.1) is 11.8 Å². The number of aliphatic hydroxyl groups is 1. The second-order valence-electron chi connectivity index (χ2n) is 4.67. The van der Waals surface area contributed by atoms with Crippen molar-refractivity contribution in [2.24, 2.45) is 11.8 Å². The Morgan fingerprint density at radius 3 is 2.67 bits per heavy atom. The number of carboxylic acid groups (broad SMARTS) is 1. The van der Waals surface area contributed by atoms with Gasteiger partial charge in [-0.25, -0.2) is 0 Å². The zero-order valence-electron chi connectivity index (χ0n) is 9.48. The van der Waals surface area contributed by atoms with Crippen molar-refractivity contribution in [1.82, 2.24) is 0 Å². The fraction of sp³-hybridized carbons (Fsp3) is 0.917. The zero-order chi connectivity index (χ0) is 11.3. The first kappa shape index (κ1) is 12.5. The molecule has 1 fully saturated rings. The fourth-order valence-electron chi connectivity index (χ4n) is 2.62. The van der Waals surface area contributed by atoms with Gasteiger partial charge in [0, 0.05) is 0 Å². The van der Waals surface area contributed by atoms with Gasteiger partial charge in [-0.1, -0.05) is 26.2 Å². The summed E-state index contributed by atoms with van der Waals surface area (Å²) in [4.78, 5) is 11.0. The normalized spacial score (nSPS) is 28.7. The van der Waals surface area contributed by atoms with Crippen LogP contribution in [-0.4, -0.2) is 22.3 Å². The molecule has 1 saturated carbocycles. The Kier molecular flexibility index (Phi) is 5.09. The summed E-state index contributed by atoms with van der Waals surface area (Å²) in [5.41, 5.74) is 0. The van der Waals surface area contributed by atoms with E-state index in [9.17, 15) is 9.90 Å². The van der Waals surface area contributed by atoms with Crippen LogP contribution in [0.5, 0.6) is 0 Å². The number of aliphatic carboxylic acids is 1. The molecule has 1 aliphatic carbocycles. The molecular weight excluding hydrogens is 192 g/mol. The molecule has 0 aromatic heterocycles. The molecule has 0 aliphatic heterocycles. The maximum atomic E-state index is 11.0. The lowest BCUT2D eigenvalue weighted by Crippen LogP contribution is -2.29. The van der Waals surface area contributed by atoms with E-state index in [1.165, 1.54) is 0 Å². The van der Waals surface area contributed by atoms with E-state index in [0.717, 1.165) is 38.5 Å². The number of rotatable bonds is 5. The van der Waals surface area contributed by atoms with Gasteiger partial charge in [-0.3, -0.25) is 4.79 Å². The van der Waals surface area contributed by atoms with E-state index >= 15 is 0 Å². The van der Waals surface area contributed by atoms with Gasteiger partial charge >= 0.3 is 5.97 Å². The van der Waals surface area contributed by atoms with E-state index in [1.54, 1.807) is 0 Å². The number of hydrogen-bond acceptors (Lipinski definition) is 2. The van der Waals surface area contributed by atoms with E-state index in [2.05, 4.69) is 0 Å². The topological polar surface area (TPSA) is 57.5 Å². The van der Waals surface area contributed by atoms with Crippen LogP contribution in [0.1, 0.15) is 51.9 Å². The summed E-state index contributed by atoms with van der Waals surface area (Å²) in [6, 6.07) is 0. The van der Waals surface area contributed by atoms with E-state index < -0.39 is 5.97 Å². The Morgan fingerprint density at radius 2 is 2.07 bits per heavy atom. The Labute approximate surface area is 91.5 Å². The molecule has 0 aromatic carbocycles. The van der Waals surface area contributed by atoms with Gasteiger partial charge in [0.2, 0.25) is 0 Å². The number of hydrogen-bond donors (Lipinski definition) is 2. The maximum absolute atomic E-state index is 11.0. The molecule has 3 unspecified atom stereocenters. The Hall–Kier alpha value is -0.570. The third kappa shape index (κ3) is 3.82. The fourth-order valence-corrected chi connectivity index (χ4v) is 2.62. The molecule has 0 amide bonds. The van der Waals surface area contributed by atoms with Gasteiger partial charge in [0.05, 0.1) is 12.0 Å². The highest BCUT2D eigenvalue weighted by Crippen LogP contribution is 2.33. The summed E-state index contributed by atoms with van der Waals surface area (Å²) < 4.78 is 0. The molecular formula is C12H22O3. The minimum atomic E-state index is -0.677. The van der Waals surface area contributed by atoms with Gasteiger partial charge in [-0.2, -0.15) is 0 Å². The summed E-state index contributed by atoms with van der Waals surface area (Å²) >= 11 is 0. The highest BCUT2D eigenvalue weighted by atomic mass is 16.4. The zero-order valence-corrected chi connectivity index (χ0v) is 9.48. The lowest BCUT2D eigenvalue weighted by Gasteiger charge is -2.30. The van der Waals surface area contributed by atoms with Crippen molar-refractivity contribution in [3.8, 4) is 0 Å². The van der Waals surface area contributed by atoms with Gasteiger partial charge in [-0.05, 0) is 31.6 Å².